The Kier molecular flexibility index (Phi) is 8.30. The minimum absolute atomic E-state index is 0.0546. The Bertz CT molecular complexity index is 1420. The van der Waals surface area contributed by atoms with Crippen LogP contribution in [0.3, 0.4) is 0 Å². The summed E-state index contributed by atoms with van der Waals surface area (Å²) < 4.78 is 34.8. The van der Waals surface area contributed by atoms with Crippen molar-refractivity contribution in [2.75, 3.05) is 45.2 Å². The molecule has 1 aromatic heterocycles. The number of fused-ring (bicyclic) bond motifs is 1. The number of benzene rings is 2. The predicted octanol–water partition coefficient (Wildman–Crippen LogP) is 4.39. The van der Waals surface area contributed by atoms with Gasteiger partial charge in [0.2, 0.25) is 10.0 Å². The van der Waals surface area contributed by atoms with E-state index in [-0.39, 0.29) is 17.9 Å². The van der Waals surface area contributed by atoms with Crippen LogP contribution in [0, 0.1) is 0 Å². The molecule has 0 saturated carbocycles. The number of thiazole rings is 1. The van der Waals surface area contributed by atoms with Crippen LogP contribution in [0.2, 0.25) is 0 Å². The van der Waals surface area contributed by atoms with Crippen molar-refractivity contribution in [3.63, 3.8) is 0 Å². The van der Waals surface area contributed by atoms with Crippen LogP contribution >= 0.6 is 11.3 Å². The third kappa shape index (κ3) is 6.47. The van der Waals surface area contributed by atoms with Gasteiger partial charge in [0.05, 0.1) is 22.4 Å². The summed E-state index contributed by atoms with van der Waals surface area (Å²) in [7, 11) is 0.775. The number of nitrogens with zero attached hydrogens (tertiary/aromatic N) is 3. The SMILES string of the molecule is CC(C)Oc1ccc(-c2ncc(-c3cccc4c3CC[C@@H]4NS(=O)(=O)CCN3CC[C@H](N(C)C)C3)s2)cc1N. The Labute approximate surface area is 236 Å². The van der Waals surface area contributed by atoms with E-state index in [1.54, 1.807) is 11.3 Å². The molecule has 39 heavy (non-hydrogen) atoms. The maximum Gasteiger partial charge on any atom is 0.213 e. The first-order valence-electron chi connectivity index (χ1n) is 13.6. The minimum Gasteiger partial charge on any atom is -0.489 e. The van der Waals surface area contributed by atoms with Crippen LogP contribution in [0.5, 0.6) is 5.75 Å². The fourth-order valence-corrected chi connectivity index (χ4v) is 7.80. The zero-order valence-electron chi connectivity index (χ0n) is 23.2. The molecule has 1 saturated heterocycles. The van der Waals surface area contributed by atoms with Crippen molar-refractivity contribution < 1.29 is 13.2 Å². The molecule has 8 nitrogen and oxygen atoms in total. The summed E-state index contributed by atoms with van der Waals surface area (Å²) in [6.45, 7) is 6.40. The highest BCUT2D eigenvalue weighted by molar-refractivity contribution is 7.89. The number of hydrogen-bond acceptors (Lipinski definition) is 8. The molecule has 210 valence electrons. The molecule has 1 aliphatic heterocycles. The van der Waals surface area contributed by atoms with Crippen molar-refractivity contribution >= 4 is 27.0 Å². The number of anilines is 1. The molecule has 0 unspecified atom stereocenters. The van der Waals surface area contributed by atoms with Crippen molar-refractivity contribution in [1.82, 2.24) is 19.5 Å². The number of aromatic nitrogens is 1. The number of sulfonamides is 1. The second-order valence-electron chi connectivity index (χ2n) is 11.1. The highest BCUT2D eigenvalue weighted by Gasteiger charge is 2.30. The topological polar surface area (TPSA) is 101 Å². The third-order valence-corrected chi connectivity index (χ3v) is 10.1. The normalized spacial score (nSPS) is 19.7. The van der Waals surface area contributed by atoms with Gasteiger partial charge >= 0.3 is 0 Å². The quantitative estimate of drug-likeness (QED) is 0.349. The van der Waals surface area contributed by atoms with E-state index < -0.39 is 10.0 Å². The number of nitrogens with one attached hydrogen (secondary N) is 1. The summed E-state index contributed by atoms with van der Waals surface area (Å²) in [5, 5.41) is 0.888. The van der Waals surface area contributed by atoms with Crippen molar-refractivity contribution in [2.24, 2.45) is 0 Å². The number of likely N-dealkylation sites (tertiary alicyclic amines) is 1. The van der Waals surface area contributed by atoms with Gasteiger partial charge in [-0.1, -0.05) is 18.2 Å². The molecular formula is C29H39N5O3S2. The van der Waals surface area contributed by atoms with Gasteiger partial charge in [-0.2, -0.15) is 0 Å². The van der Waals surface area contributed by atoms with Gasteiger partial charge in [0.25, 0.3) is 0 Å². The number of likely N-dealkylation sites (N-methyl/N-ethyl adjacent to an activating group) is 1. The van der Waals surface area contributed by atoms with Crippen molar-refractivity contribution in [1.29, 1.82) is 0 Å². The van der Waals surface area contributed by atoms with E-state index in [1.807, 2.05) is 44.3 Å². The molecule has 1 fully saturated rings. The lowest BCUT2D eigenvalue weighted by atomic mass is 10.0. The van der Waals surface area contributed by atoms with Crippen molar-refractivity contribution in [3.05, 3.63) is 53.7 Å². The molecule has 0 radical (unpaired) electrons. The first-order valence-corrected chi connectivity index (χ1v) is 16.1. The minimum atomic E-state index is -3.39. The summed E-state index contributed by atoms with van der Waals surface area (Å²) in [6.07, 6.45) is 4.63. The zero-order chi connectivity index (χ0) is 27.7. The second-order valence-corrected chi connectivity index (χ2v) is 14.0. The standard InChI is InChI=1S/C29H39N5O3S2/c1-19(2)37-27-11-8-20(16-25(27)30)29-31-17-28(38-29)24-7-5-6-23-22(24)9-10-26(23)32-39(35,36)15-14-34-13-12-21(18-34)33(3)4/h5-8,11,16-17,19,21,26,32H,9-10,12-15,18,30H2,1-4H3/t21-,26-/m0/s1. The highest BCUT2D eigenvalue weighted by Crippen LogP contribution is 2.41. The van der Waals surface area contributed by atoms with Crippen LogP contribution in [0.4, 0.5) is 5.69 Å². The van der Waals surface area contributed by atoms with Gasteiger partial charge in [-0.25, -0.2) is 18.1 Å². The second kappa shape index (κ2) is 11.5. The Morgan fingerprint density at radius 2 is 2.05 bits per heavy atom. The van der Waals surface area contributed by atoms with Crippen molar-refractivity contribution in [3.8, 4) is 26.8 Å². The Morgan fingerprint density at radius 3 is 2.77 bits per heavy atom. The molecule has 2 atom stereocenters. The third-order valence-electron chi connectivity index (χ3n) is 7.64. The van der Waals surface area contributed by atoms with Crippen molar-refractivity contribution in [2.45, 2.75) is 51.3 Å². The lowest BCUT2D eigenvalue weighted by Gasteiger charge is -2.21. The van der Waals surface area contributed by atoms with E-state index in [4.69, 9.17) is 10.5 Å². The first kappa shape index (κ1) is 28.0. The van der Waals surface area contributed by atoms with Crippen LogP contribution in [0.1, 0.15) is 43.9 Å². The summed E-state index contributed by atoms with van der Waals surface area (Å²) in [4.78, 5) is 10.2. The zero-order valence-corrected chi connectivity index (χ0v) is 24.8. The fourth-order valence-electron chi connectivity index (χ4n) is 5.54. The van der Waals surface area contributed by atoms with Gasteiger partial charge in [-0.3, -0.25) is 0 Å². The van der Waals surface area contributed by atoms with Crippen LogP contribution < -0.4 is 15.2 Å². The van der Waals surface area contributed by atoms with Gasteiger partial charge in [0.15, 0.2) is 0 Å². The number of nitrogens with two attached hydrogens (primary N) is 1. The fraction of sp³-hybridized carbons (Fsp3) is 0.483. The van der Waals surface area contributed by atoms with E-state index in [0.29, 0.717) is 24.0 Å². The number of nitrogen functional groups attached to an aromatic ring is 1. The van der Waals surface area contributed by atoms with Gasteiger partial charge < -0.3 is 20.3 Å². The van der Waals surface area contributed by atoms with Crippen LogP contribution in [0.15, 0.2) is 42.6 Å². The van der Waals surface area contributed by atoms with E-state index in [0.717, 1.165) is 58.9 Å². The maximum absolute atomic E-state index is 13.0. The molecule has 0 amide bonds. The van der Waals surface area contributed by atoms with E-state index in [9.17, 15) is 8.42 Å². The maximum atomic E-state index is 13.0. The Balaban J connectivity index is 1.27. The average molecular weight is 570 g/mol. The lowest BCUT2D eigenvalue weighted by Crippen LogP contribution is -2.37. The molecule has 0 spiro atoms. The predicted molar refractivity (Wildman–Crippen MR) is 160 cm³/mol. The van der Waals surface area contributed by atoms with Gasteiger partial charge in [0, 0.05) is 36.9 Å². The molecule has 2 aromatic carbocycles. The Hall–Kier alpha value is -2.50. The molecule has 1 aliphatic carbocycles. The molecule has 0 bridgehead atoms. The highest BCUT2D eigenvalue weighted by atomic mass is 32.2. The average Bonchev–Trinajstić information content (AvgIpc) is 3.64. The molecule has 5 rings (SSSR count). The smallest absolute Gasteiger partial charge is 0.213 e. The van der Waals surface area contributed by atoms with Crippen LogP contribution in [-0.4, -0.2) is 74.8 Å². The Morgan fingerprint density at radius 1 is 1.23 bits per heavy atom. The summed E-state index contributed by atoms with van der Waals surface area (Å²) >= 11 is 1.62. The lowest BCUT2D eigenvalue weighted by molar-refractivity contribution is 0.244. The van der Waals surface area contributed by atoms with E-state index >= 15 is 0 Å². The number of rotatable bonds is 10. The van der Waals surface area contributed by atoms with Gasteiger partial charge in [-0.05, 0) is 88.6 Å². The summed E-state index contributed by atoms with van der Waals surface area (Å²) in [5.41, 5.74) is 11.2. The molecule has 10 heteroatoms. The van der Waals surface area contributed by atoms with Crippen LogP contribution in [0.25, 0.3) is 21.0 Å². The molecule has 2 heterocycles. The monoisotopic (exact) mass is 569 g/mol. The van der Waals surface area contributed by atoms with Gasteiger partial charge in [0.1, 0.15) is 10.8 Å². The summed E-state index contributed by atoms with van der Waals surface area (Å²) in [6, 6.07) is 12.3. The van der Waals surface area contributed by atoms with Gasteiger partial charge in [-0.15, -0.1) is 11.3 Å². The van der Waals surface area contributed by atoms with E-state index in [2.05, 4.69) is 45.7 Å². The number of hydrogen-bond donors (Lipinski definition) is 2. The molecule has 3 aromatic rings. The molecular weight excluding hydrogens is 530 g/mol. The number of ether oxygens (including phenoxy) is 1. The van der Waals surface area contributed by atoms with E-state index in [1.165, 1.54) is 5.56 Å². The molecule has 2 aliphatic rings. The largest absolute Gasteiger partial charge is 0.489 e. The first-order chi connectivity index (χ1) is 18.6. The summed E-state index contributed by atoms with van der Waals surface area (Å²) in [5.74, 6) is 0.805. The van der Waals surface area contributed by atoms with Crippen LogP contribution in [-0.2, 0) is 16.4 Å². The molecule has 3 N–H and O–H groups in total.